The molecule has 0 unspecified atom stereocenters. The monoisotopic (exact) mass is 1280 g/mol. The molecule has 2 nitrogen and oxygen atoms in total. The van der Waals surface area contributed by atoms with Crippen LogP contribution in [0.3, 0.4) is 0 Å². The number of hydrogen-bond donors (Lipinski definition) is 0. The molecular weight excluding hydrogens is 1230 g/mol. The first-order valence-electron chi connectivity index (χ1n) is 20.0. The fourth-order valence-electron chi connectivity index (χ4n) is 8.30. The van der Waals surface area contributed by atoms with Gasteiger partial charge in [-0.15, -0.1) is 47.5 Å². The van der Waals surface area contributed by atoms with E-state index in [9.17, 15) is 0 Å². The minimum atomic E-state index is 0. The van der Waals surface area contributed by atoms with Gasteiger partial charge >= 0.3 is 0 Å². The third-order valence-electron chi connectivity index (χ3n) is 11.8. The molecule has 0 atom stereocenters. The summed E-state index contributed by atoms with van der Waals surface area (Å²) < 4.78 is 2.02. The Morgan fingerprint density at radius 3 is 1.36 bits per heavy atom. The van der Waals surface area contributed by atoms with Crippen LogP contribution in [0.4, 0.5) is 0 Å². The zero-order chi connectivity index (χ0) is 41.6. The van der Waals surface area contributed by atoms with Gasteiger partial charge in [0.1, 0.15) is 0 Å². The molecule has 0 aliphatic heterocycles. The van der Waals surface area contributed by atoms with Crippen molar-refractivity contribution in [3.8, 4) is 78.1 Å². The molecule has 8 aromatic rings. The van der Waals surface area contributed by atoms with Crippen molar-refractivity contribution in [2.45, 2.75) is 60.8 Å². The summed E-state index contributed by atoms with van der Waals surface area (Å²) in [6.07, 6.45) is 3.87. The van der Waals surface area contributed by atoms with Gasteiger partial charge in [-0.1, -0.05) is 175 Å². The minimum absolute atomic E-state index is 0. The number of rotatable bonds is 7. The molecule has 2 heterocycles. The Bertz CT molecular complexity index is 2870. The van der Waals surface area contributed by atoms with E-state index < -0.39 is 0 Å². The fourth-order valence-corrected chi connectivity index (χ4v) is 9.41. The van der Waals surface area contributed by atoms with E-state index in [2.05, 4.69) is 215 Å². The Labute approximate surface area is 405 Å². The number of halogens is 2. The second kappa shape index (κ2) is 19.1. The maximum atomic E-state index is 4.87. The van der Waals surface area contributed by atoms with E-state index in [0.29, 0.717) is 0 Å². The van der Waals surface area contributed by atoms with Crippen LogP contribution in [-0.4, -0.2) is 9.97 Å². The second-order valence-corrected chi connectivity index (χ2v) is 18.2. The van der Waals surface area contributed by atoms with Crippen molar-refractivity contribution in [1.29, 1.82) is 0 Å². The molecule has 310 valence electrons. The SMILES string of the molecule is Cc1cc(-c2[c-]cc(-c3ccccc3-c3c(C)c(C)c(-c4ccccc4-c4c[c-]c(-c5cc(C(C)(C)C)ccn5)cc4Br)c(C)c3C)c(Br)c2)ncc1-c1ccccc1.[Ir].[Ir]. The molecule has 0 saturated carbocycles. The summed E-state index contributed by atoms with van der Waals surface area (Å²) in [7, 11) is 0. The average Bonchev–Trinajstić information content (AvgIpc) is 3.23. The molecule has 0 aliphatic rings. The maximum Gasteiger partial charge on any atom is 0.0242 e. The third kappa shape index (κ3) is 9.19. The largest absolute Gasteiger partial charge is 0.305 e. The Morgan fingerprint density at radius 1 is 0.475 bits per heavy atom. The smallest absolute Gasteiger partial charge is 0.0242 e. The first-order valence-corrected chi connectivity index (χ1v) is 21.6. The number of aromatic nitrogens is 2. The van der Waals surface area contributed by atoms with Crippen molar-refractivity contribution in [2.75, 3.05) is 0 Å². The molecule has 8 rings (SSSR count). The van der Waals surface area contributed by atoms with Crippen molar-refractivity contribution in [3.63, 3.8) is 0 Å². The fraction of sp³-hybridized carbons (Fsp3) is 0.164. The van der Waals surface area contributed by atoms with Gasteiger partial charge in [0.2, 0.25) is 0 Å². The molecule has 0 amide bonds. The van der Waals surface area contributed by atoms with Gasteiger partial charge in [-0.2, -0.15) is 0 Å². The van der Waals surface area contributed by atoms with E-state index in [1.54, 1.807) is 0 Å². The van der Waals surface area contributed by atoms with E-state index in [1.807, 2.05) is 18.5 Å². The Balaban J connectivity index is 0.00000311. The molecule has 2 aromatic heterocycles. The molecule has 6 aromatic carbocycles. The van der Waals surface area contributed by atoms with Crippen LogP contribution in [0.5, 0.6) is 0 Å². The van der Waals surface area contributed by atoms with E-state index >= 15 is 0 Å². The summed E-state index contributed by atoms with van der Waals surface area (Å²) >= 11 is 7.94. The number of pyridine rings is 2. The van der Waals surface area contributed by atoms with Crippen LogP contribution in [0.15, 0.2) is 143 Å². The molecule has 0 bridgehead atoms. The standard InChI is InChI=1S/C55H46Br2N2.2Ir/c1-33-28-51(59-32-48(33)38-16-10-9-11-17-38)39-22-24-44(49(56)29-39)42-18-12-14-20-46(42)53-34(2)36(4)54(37(5)35(53)3)47-21-15-13-19-43(47)45-25-23-40(30-50(45)57)52-31-41(26-27-58-52)55(6,7)8;;/h9-21,24-32H,1-8H3;;/q-2;;. The molecule has 61 heavy (non-hydrogen) atoms. The Morgan fingerprint density at radius 2 is 0.918 bits per heavy atom. The molecule has 0 spiro atoms. The number of aryl methyl sites for hydroxylation is 1. The molecule has 2 radical (unpaired) electrons. The van der Waals surface area contributed by atoms with Crippen molar-refractivity contribution in [1.82, 2.24) is 9.97 Å². The van der Waals surface area contributed by atoms with Gasteiger partial charge in [-0.05, 0) is 119 Å². The first-order chi connectivity index (χ1) is 28.3. The van der Waals surface area contributed by atoms with Gasteiger partial charge in [0.25, 0.3) is 0 Å². The molecule has 0 saturated heterocycles. The summed E-state index contributed by atoms with van der Waals surface area (Å²) in [6, 6.07) is 50.0. The van der Waals surface area contributed by atoms with Gasteiger partial charge < -0.3 is 9.97 Å². The number of hydrogen-bond acceptors (Lipinski definition) is 2. The first kappa shape index (κ1) is 46.4. The van der Waals surface area contributed by atoms with Gasteiger partial charge in [0.15, 0.2) is 0 Å². The number of benzene rings is 6. The van der Waals surface area contributed by atoms with Crippen LogP contribution in [-0.2, 0) is 45.6 Å². The van der Waals surface area contributed by atoms with E-state index in [4.69, 9.17) is 9.97 Å². The van der Waals surface area contributed by atoms with Gasteiger partial charge in [0.05, 0.1) is 0 Å². The van der Waals surface area contributed by atoms with Crippen LogP contribution in [0.2, 0.25) is 0 Å². The van der Waals surface area contributed by atoms with Crippen molar-refractivity contribution in [2.24, 2.45) is 0 Å². The maximum absolute atomic E-state index is 4.87. The average molecular weight is 1280 g/mol. The Hall–Kier alpha value is -4.12. The summed E-state index contributed by atoms with van der Waals surface area (Å²) in [5, 5.41) is 0. The Kier molecular flexibility index (Phi) is 14.5. The summed E-state index contributed by atoms with van der Waals surface area (Å²) in [4.78, 5) is 9.58. The molecule has 0 fully saturated rings. The molecular formula is C55H46Br2Ir2N2-2. The normalized spacial score (nSPS) is 11.2. The minimum Gasteiger partial charge on any atom is -0.305 e. The third-order valence-corrected chi connectivity index (χ3v) is 13.1. The van der Waals surface area contributed by atoms with Crippen LogP contribution in [0.1, 0.15) is 54.2 Å². The second-order valence-electron chi connectivity index (χ2n) is 16.5. The van der Waals surface area contributed by atoms with Crippen LogP contribution < -0.4 is 0 Å². The van der Waals surface area contributed by atoms with E-state index in [0.717, 1.165) is 59.3 Å². The van der Waals surface area contributed by atoms with Crippen LogP contribution in [0, 0.1) is 46.8 Å². The van der Waals surface area contributed by atoms with Crippen LogP contribution in [0.25, 0.3) is 78.1 Å². The zero-order valence-corrected chi connectivity index (χ0v) is 43.5. The number of nitrogens with zero attached hydrogens (tertiary/aromatic N) is 2. The van der Waals surface area contributed by atoms with Gasteiger partial charge in [0, 0.05) is 58.2 Å². The van der Waals surface area contributed by atoms with Crippen molar-refractivity contribution in [3.05, 3.63) is 188 Å². The molecule has 0 N–H and O–H groups in total. The predicted molar refractivity (Wildman–Crippen MR) is 256 cm³/mol. The zero-order valence-electron chi connectivity index (χ0n) is 35.5. The quantitative estimate of drug-likeness (QED) is 0.149. The van der Waals surface area contributed by atoms with Gasteiger partial charge in [-0.3, -0.25) is 0 Å². The topological polar surface area (TPSA) is 25.8 Å². The van der Waals surface area contributed by atoms with E-state index in [-0.39, 0.29) is 45.6 Å². The van der Waals surface area contributed by atoms with Gasteiger partial charge in [-0.25, -0.2) is 0 Å². The predicted octanol–water partition coefficient (Wildman–Crippen LogP) is 16.1. The van der Waals surface area contributed by atoms with E-state index in [1.165, 1.54) is 61.2 Å². The molecule has 6 heteroatoms. The summed E-state index contributed by atoms with van der Waals surface area (Å²) in [6.45, 7) is 17.9. The van der Waals surface area contributed by atoms with Crippen LogP contribution >= 0.6 is 31.9 Å². The molecule has 0 aliphatic carbocycles. The summed E-state index contributed by atoms with van der Waals surface area (Å²) in [5.74, 6) is 0. The summed E-state index contributed by atoms with van der Waals surface area (Å²) in [5.41, 5.74) is 23.1. The van der Waals surface area contributed by atoms with Crippen molar-refractivity contribution >= 4 is 31.9 Å². The van der Waals surface area contributed by atoms with Crippen molar-refractivity contribution < 1.29 is 40.2 Å².